The molecule has 9 nitrogen and oxygen atoms in total. The third-order valence-electron chi connectivity index (χ3n) is 8.58. The molecule has 1 saturated carbocycles. The minimum Gasteiger partial charge on any atom is -0.493 e. The number of hydrogen-bond acceptors (Lipinski definition) is 7. The largest absolute Gasteiger partial charge is 0.493 e. The van der Waals surface area contributed by atoms with E-state index in [9.17, 15) is 14.7 Å². The van der Waals surface area contributed by atoms with Gasteiger partial charge in [-0.05, 0) is 67.6 Å². The van der Waals surface area contributed by atoms with E-state index in [4.69, 9.17) is 25.7 Å². The average molecular weight is 578 g/mol. The van der Waals surface area contributed by atoms with Crippen molar-refractivity contribution in [2.24, 2.45) is 41.1 Å². The molecule has 41 heavy (non-hydrogen) atoms. The second-order valence-corrected chi connectivity index (χ2v) is 12.3. The predicted molar refractivity (Wildman–Crippen MR) is 162 cm³/mol. The van der Waals surface area contributed by atoms with Crippen LogP contribution in [0.1, 0.15) is 78.2 Å². The van der Waals surface area contributed by atoms with Crippen LogP contribution in [0.15, 0.2) is 18.2 Å². The molecule has 1 aromatic carbocycles. The molecular formula is C32H55N3O6. The molecule has 2 amide bonds. The van der Waals surface area contributed by atoms with Gasteiger partial charge in [0.05, 0.1) is 25.7 Å². The van der Waals surface area contributed by atoms with Crippen molar-refractivity contribution in [1.82, 2.24) is 5.32 Å². The Hall–Kier alpha value is -2.36. The number of aliphatic hydroxyl groups excluding tert-OH is 1. The monoisotopic (exact) mass is 577 g/mol. The highest BCUT2D eigenvalue weighted by Gasteiger charge is 2.34. The minimum absolute atomic E-state index is 0.00923. The lowest BCUT2D eigenvalue weighted by Crippen LogP contribution is -2.50. The van der Waals surface area contributed by atoms with Crippen molar-refractivity contribution in [3.63, 3.8) is 0 Å². The minimum atomic E-state index is -0.830. The zero-order valence-corrected chi connectivity index (χ0v) is 26.1. The number of ether oxygens (including phenoxy) is 3. The second-order valence-electron chi connectivity index (χ2n) is 12.3. The number of hydrogen-bond donors (Lipinski definition) is 4. The zero-order chi connectivity index (χ0) is 30.5. The summed E-state index contributed by atoms with van der Waals surface area (Å²) in [6.45, 7) is 9.45. The molecular weight excluding hydrogens is 522 g/mol. The molecule has 0 bridgehead atoms. The van der Waals surface area contributed by atoms with E-state index in [1.165, 1.54) is 0 Å². The van der Waals surface area contributed by atoms with Crippen LogP contribution in [0.3, 0.4) is 0 Å². The number of methoxy groups -OCH3 is 2. The average Bonchev–Trinajstić information content (AvgIpc) is 2.93. The molecule has 0 radical (unpaired) electrons. The van der Waals surface area contributed by atoms with Crippen molar-refractivity contribution in [3.05, 3.63) is 23.8 Å². The third kappa shape index (κ3) is 11.1. The number of nitrogens with one attached hydrogen (secondary N) is 1. The lowest BCUT2D eigenvalue weighted by atomic mass is 9.80. The Kier molecular flexibility index (Phi) is 14.9. The molecule has 0 saturated heterocycles. The Morgan fingerprint density at radius 2 is 1.73 bits per heavy atom. The quantitative estimate of drug-likeness (QED) is 0.194. The van der Waals surface area contributed by atoms with Crippen LogP contribution < -0.4 is 26.3 Å². The van der Waals surface area contributed by atoms with Gasteiger partial charge in [0.15, 0.2) is 11.5 Å². The molecule has 0 aliphatic heterocycles. The molecule has 1 aromatic rings. The van der Waals surface area contributed by atoms with Gasteiger partial charge in [0.25, 0.3) is 0 Å². The molecule has 234 valence electrons. The first-order chi connectivity index (χ1) is 19.5. The van der Waals surface area contributed by atoms with Crippen LogP contribution in [0.4, 0.5) is 0 Å². The highest BCUT2D eigenvalue weighted by molar-refractivity contribution is 5.82. The summed E-state index contributed by atoms with van der Waals surface area (Å²) < 4.78 is 16.6. The van der Waals surface area contributed by atoms with Crippen molar-refractivity contribution < 1.29 is 28.9 Å². The number of primary amides is 1. The van der Waals surface area contributed by atoms with Crippen molar-refractivity contribution in [1.29, 1.82) is 0 Å². The number of carbonyl (C=O) groups is 2. The summed E-state index contributed by atoms with van der Waals surface area (Å²) >= 11 is 0. The van der Waals surface area contributed by atoms with Crippen molar-refractivity contribution in [2.75, 3.05) is 27.4 Å². The SMILES string of the molecule is COCCCOc1cc(C[C@@H](C[C@H](N)[C@@H](O)C[C@H](C(=O)NC2CCCCC2C(N)=O)C(C)C)C(C)C)ccc1OC. The Morgan fingerprint density at radius 3 is 2.34 bits per heavy atom. The molecule has 0 spiro atoms. The van der Waals surface area contributed by atoms with E-state index in [-0.39, 0.29) is 42.0 Å². The second kappa shape index (κ2) is 17.6. The van der Waals surface area contributed by atoms with Crippen molar-refractivity contribution in [3.8, 4) is 11.5 Å². The number of aliphatic hydroxyl groups is 1. The van der Waals surface area contributed by atoms with Gasteiger partial charge in [-0.1, -0.05) is 46.6 Å². The van der Waals surface area contributed by atoms with Crippen LogP contribution in [0.25, 0.3) is 0 Å². The molecule has 0 heterocycles. The molecule has 6 atom stereocenters. The van der Waals surface area contributed by atoms with Crippen LogP contribution >= 0.6 is 0 Å². The van der Waals surface area contributed by atoms with Gasteiger partial charge in [0, 0.05) is 38.1 Å². The van der Waals surface area contributed by atoms with E-state index < -0.39 is 18.1 Å². The van der Waals surface area contributed by atoms with Crippen molar-refractivity contribution >= 4 is 11.8 Å². The third-order valence-corrected chi connectivity index (χ3v) is 8.58. The number of nitrogens with two attached hydrogens (primary N) is 2. The summed E-state index contributed by atoms with van der Waals surface area (Å²) in [6, 6.07) is 5.26. The summed E-state index contributed by atoms with van der Waals surface area (Å²) in [7, 11) is 3.30. The zero-order valence-electron chi connectivity index (χ0n) is 26.1. The molecule has 1 aliphatic carbocycles. The lowest BCUT2D eigenvalue weighted by molar-refractivity contribution is -0.130. The Bertz CT molecular complexity index is 940. The van der Waals surface area contributed by atoms with E-state index in [2.05, 4.69) is 19.2 Å². The van der Waals surface area contributed by atoms with Crippen LogP contribution in [0.5, 0.6) is 11.5 Å². The maximum absolute atomic E-state index is 13.3. The number of benzene rings is 1. The van der Waals surface area contributed by atoms with Gasteiger partial charge in [0.1, 0.15) is 0 Å². The van der Waals surface area contributed by atoms with Gasteiger partial charge in [-0.3, -0.25) is 9.59 Å². The van der Waals surface area contributed by atoms with Gasteiger partial charge < -0.3 is 36.1 Å². The Labute approximate surface area is 247 Å². The molecule has 6 N–H and O–H groups in total. The standard InChI is InChI=1S/C32H55N3O6/c1-20(2)23(16-22-12-13-29(40-6)30(17-22)41-15-9-14-39-5)18-26(33)28(36)19-25(21(3)4)32(38)35-27-11-8-7-10-24(27)31(34)37/h12-13,17,20-21,23-28,36H,7-11,14-16,18-19,33H2,1-6H3,(H2,34,37)(H,35,38)/t23-,24?,25-,26-,27?,28-/m0/s1. The van der Waals surface area contributed by atoms with Crippen LogP contribution in [-0.4, -0.2) is 62.5 Å². The first kappa shape index (κ1) is 34.8. The maximum Gasteiger partial charge on any atom is 0.223 e. The Balaban J connectivity index is 2.04. The fourth-order valence-electron chi connectivity index (χ4n) is 5.80. The van der Waals surface area contributed by atoms with Crippen molar-refractivity contribution in [2.45, 2.75) is 97.2 Å². The molecule has 0 aromatic heterocycles. The molecule has 2 rings (SSSR count). The van der Waals surface area contributed by atoms with E-state index >= 15 is 0 Å². The van der Waals surface area contributed by atoms with Gasteiger partial charge in [-0.2, -0.15) is 0 Å². The summed E-state index contributed by atoms with van der Waals surface area (Å²) in [5, 5.41) is 14.2. The van der Waals surface area contributed by atoms with E-state index in [0.29, 0.717) is 43.5 Å². The van der Waals surface area contributed by atoms with Gasteiger partial charge in [0.2, 0.25) is 11.8 Å². The summed E-state index contributed by atoms with van der Waals surface area (Å²) in [5.41, 5.74) is 13.3. The van der Waals surface area contributed by atoms with Gasteiger partial charge in [-0.15, -0.1) is 0 Å². The Morgan fingerprint density at radius 1 is 1.02 bits per heavy atom. The topological polar surface area (TPSA) is 146 Å². The van der Waals surface area contributed by atoms with E-state index in [0.717, 1.165) is 37.7 Å². The summed E-state index contributed by atoms with van der Waals surface area (Å²) in [6.07, 6.45) is 4.97. The highest BCUT2D eigenvalue weighted by atomic mass is 16.5. The first-order valence-corrected chi connectivity index (χ1v) is 15.3. The van der Waals surface area contributed by atoms with E-state index in [1.54, 1.807) is 14.2 Å². The van der Waals surface area contributed by atoms with Gasteiger partial charge in [-0.25, -0.2) is 0 Å². The highest BCUT2D eigenvalue weighted by Crippen LogP contribution is 2.32. The maximum atomic E-state index is 13.3. The van der Waals surface area contributed by atoms with E-state index in [1.807, 2.05) is 32.0 Å². The normalized spacial score (nSPS) is 20.3. The van der Waals surface area contributed by atoms with Gasteiger partial charge >= 0.3 is 0 Å². The molecule has 1 fully saturated rings. The number of amides is 2. The first-order valence-electron chi connectivity index (χ1n) is 15.3. The molecule has 2 unspecified atom stereocenters. The van der Waals surface area contributed by atoms with Crippen LogP contribution in [0, 0.1) is 29.6 Å². The molecule has 1 aliphatic rings. The fourth-order valence-corrected chi connectivity index (χ4v) is 5.80. The smallest absolute Gasteiger partial charge is 0.223 e. The number of rotatable bonds is 18. The molecule has 9 heteroatoms. The summed E-state index contributed by atoms with van der Waals surface area (Å²) in [4.78, 5) is 25.2. The number of carbonyl (C=O) groups excluding carboxylic acids is 2. The fraction of sp³-hybridized carbons (Fsp3) is 0.750. The predicted octanol–water partition coefficient (Wildman–Crippen LogP) is 3.83. The lowest BCUT2D eigenvalue weighted by Gasteiger charge is -2.33. The van der Waals surface area contributed by atoms with Crippen LogP contribution in [-0.2, 0) is 20.7 Å². The summed E-state index contributed by atoms with van der Waals surface area (Å²) in [5.74, 6) is 0.706. The van der Waals surface area contributed by atoms with Crippen LogP contribution in [0.2, 0.25) is 0 Å².